The van der Waals surface area contributed by atoms with Gasteiger partial charge in [-0.3, -0.25) is 9.59 Å². The number of thioether (sulfide) groups is 1. The van der Waals surface area contributed by atoms with Crippen molar-refractivity contribution in [2.45, 2.75) is 24.9 Å². The number of nitrogens with one attached hydrogen (secondary N) is 3. The highest BCUT2D eigenvalue weighted by molar-refractivity contribution is 8.01. The van der Waals surface area contributed by atoms with Crippen LogP contribution in [0, 0.1) is 6.92 Å². The van der Waals surface area contributed by atoms with E-state index in [1.54, 1.807) is 44.2 Å². The van der Waals surface area contributed by atoms with Gasteiger partial charge in [0.15, 0.2) is 5.82 Å². The van der Waals surface area contributed by atoms with Crippen molar-refractivity contribution in [2.75, 3.05) is 22.9 Å². The molecule has 2 rings (SSSR count). The van der Waals surface area contributed by atoms with Gasteiger partial charge in [-0.25, -0.2) is 13.1 Å². The van der Waals surface area contributed by atoms with Crippen LogP contribution in [0.1, 0.15) is 18.2 Å². The summed E-state index contributed by atoms with van der Waals surface area (Å²) in [5, 5.41) is 8.56. The van der Waals surface area contributed by atoms with Crippen LogP contribution >= 0.6 is 11.8 Å². The predicted molar refractivity (Wildman–Crippen MR) is 118 cm³/mol. The molecule has 1 atom stereocenters. The van der Waals surface area contributed by atoms with Crippen LogP contribution in [-0.4, -0.2) is 42.9 Å². The summed E-state index contributed by atoms with van der Waals surface area (Å²) in [5.41, 5.74) is 1.13. The monoisotopic (exact) mass is 452 g/mol. The van der Waals surface area contributed by atoms with E-state index in [0.29, 0.717) is 22.8 Å². The van der Waals surface area contributed by atoms with Crippen molar-refractivity contribution in [3.8, 4) is 0 Å². The number of aryl methyl sites for hydroxylation is 1. The summed E-state index contributed by atoms with van der Waals surface area (Å²) in [7, 11) is -3.44. The summed E-state index contributed by atoms with van der Waals surface area (Å²) >= 11 is 1.18. The summed E-state index contributed by atoms with van der Waals surface area (Å²) in [6.07, 6.45) is 1.47. The lowest BCUT2D eigenvalue weighted by atomic mass is 10.2. The molecule has 1 unspecified atom stereocenters. The second-order valence-electron chi connectivity index (χ2n) is 6.41. The molecule has 0 saturated carbocycles. The summed E-state index contributed by atoms with van der Waals surface area (Å²) < 4.78 is 31.0. The molecule has 0 aliphatic carbocycles. The molecule has 162 valence electrons. The van der Waals surface area contributed by atoms with Crippen molar-refractivity contribution < 1.29 is 22.5 Å². The van der Waals surface area contributed by atoms with Crippen molar-refractivity contribution >= 4 is 45.1 Å². The molecule has 30 heavy (non-hydrogen) atoms. The van der Waals surface area contributed by atoms with Gasteiger partial charge in [0.1, 0.15) is 5.76 Å². The molecule has 0 aliphatic heterocycles. The Hall–Kier alpha value is -2.63. The SMILES string of the molecule is C=CCNS(=O)(=O)Cc1ccc(NC(=O)CSC(C)C(=O)Nc2cc(C)on2)cc1. The Morgan fingerprint density at radius 1 is 1.27 bits per heavy atom. The fourth-order valence-corrected chi connectivity index (χ4v) is 4.06. The molecule has 11 heteroatoms. The Bertz CT molecular complexity index is 987. The van der Waals surface area contributed by atoms with Crippen molar-refractivity contribution in [3.63, 3.8) is 0 Å². The third-order valence-corrected chi connectivity index (χ3v) is 6.22. The molecular formula is C19H24N4O5S2. The second kappa shape index (κ2) is 11.0. The zero-order valence-corrected chi connectivity index (χ0v) is 18.3. The van der Waals surface area contributed by atoms with Crippen molar-refractivity contribution in [2.24, 2.45) is 0 Å². The van der Waals surface area contributed by atoms with E-state index >= 15 is 0 Å². The van der Waals surface area contributed by atoms with E-state index in [0.717, 1.165) is 0 Å². The van der Waals surface area contributed by atoms with Crippen LogP contribution in [0.3, 0.4) is 0 Å². The van der Waals surface area contributed by atoms with Crippen molar-refractivity contribution in [1.82, 2.24) is 9.88 Å². The number of rotatable bonds is 11. The number of nitrogens with zero attached hydrogens (tertiary/aromatic N) is 1. The zero-order chi connectivity index (χ0) is 22.1. The molecule has 0 radical (unpaired) electrons. The van der Waals surface area contributed by atoms with Crippen LogP contribution < -0.4 is 15.4 Å². The normalized spacial score (nSPS) is 12.2. The van der Waals surface area contributed by atoms with Crippen molar-refractivity contribution in [3.05, 3.63) is 54.3 Å². The number of sulfonamides is 1. The molecule has 1 aromatic heterocycles. The average Bonchev–Trinajstić information content (AvgIpc) is 3.10. The van der Waals surface area contributed by atoms with E-state index in [1.165, 1.54) is 17.8 Å². The van der Waals surface area contributed by atoms with Crippen LogP contribution in [0.2, 0.25) is 0 Å². The predicted octanol–water partition coefficient (Wildman–Crippen LogP) is 2.29. The molecule has 1 heterocycles. The van der Waals surface area contributed by atoms with E-state index < -0.39 is 15.3 Å². The number of aromatic nitrogens is 1. The van der Waals surface area contributed by atoms with E-state index in [4.69, 9.17) is 4.52 Å². The first kappa shape index (κ1) is 23.6. The molecular weight excluding hydrogens is 428 g/mol. The molecule has 0 bridgehead atoms. The summed E-state index contributed by atoms with van der Waals surface area (Å²) in [5.74, 6) is 0.274. The van der Waals surface area contributed by atoms with Crippen LogP contribution in [-0.2, 0) is 25.4 Å². The van der Waals surface area contributed by atoms with Gasteiger partial charge in [-0.2, -0.15) is 0 Å². The van der Waals surface area contributed by atoms with Gasteiger partial charge >= 0.3 is 0 Å². The number of benzene rings is 1. The minimum Gasteiger partial charge on any atom is -0.360 e. The van der Waals surface area contributed by atoms with Gasteiger partial charge in [-0.05, 0) is 31.5 Å². The van der Waals surface area contributed by atoms with E-state index in [-0.39, 0.29) is 29.9 Å². The maximum Gasteiger partial charge on any atom is 0.238 e. The lowest BCUT2D eigenvalue weighted by Gasteiger charge is -2.11. The summed E-state index contributed by atoms with van der Waals surface area (Å²) in [4.78, 5) is 24.2. The fraction of sp³-hybridized carbons (Fsp3) is 0.316. The molecule has 0 saturated heterocycles. The Kier molecular flexibility index (Phi) is 8.63. The Morgan fingerprint density at radius 3 is 2.57 bits per heavy atom. The van der Waals surface area contributed by atoms with E-state index in [1.807, 2.05) is 0 Å². The number of carbonyl (C=O) groups is 2. The first-order valence-corrected chi connectivity index (χ1v) is 11.7. The summed E-state index contributed by atoms with van der Waals surface area (Å²) in [6.45, 7) is 7.05. The number of hydrogen-bond donors (Lipinski definition) is 3. The molecule has 2 aromatic rings. The van der Waals surface area contributed by atoms with Gasteiger partial charge in [0.25, 0.3) is 0 Å². The summed E-state index contributed by atoms with van der Waals surface area (Å²) in [6, 6.07) is 8.12. The lowest BCUT2D eigenvalue weighted by molar-refractivity contribution is -0.115. The largest absolute Gasteiger partial charge is 0.360 e. The Morgan fingerprint density at radius 2 is 1.97 bits per heavy atom. The molecule has 2 amide bonds. The molecule has 9 nitrogen and oxygen atoms in total. The average molecular weight is 453 g/mol. The van der Waals surface area contributed by atoms with E-state index in [2.05, 4.69) is 27.1 Å². The standard InChI is InChI=1S/C19H24N4O5S2/c1-4-9-20-30(26,27)12-15-5-7-16(8-6-15)21-18(24)11-29-14(3)19(25)22-17-10-13(2)28-23-17/h4-8,10,14,20H,1,9,11-12H2,2-3H3,(H,21,24)(H,22,23,25). The lowest BCUT2D eigenvalue weighted by Crippen LogP contribution is -2.25. The number of hydrogen-bond acceptors (Lipinski definition) is 7. The smallest absolute Gasteiger partial charge is 0.238 e. The first-order chi connectivity index (χ1) is 14.2. The van der Waals surface area contributed by atoms with Gasteiger partial charge in [-0.15, -0.1) is 18.3 Å². The van der Waals surface area contributed by atoms with Crippen LogP contribution in [0.15, 0.2) is 47.5 Å². The van der Waals surface area contributed by atoms with Crippen LogP contribution in [0.5, 0.6) is 0 Å². The first-order valence-electron chi connectivity index (χ1n) is 9.01. The van der Waals surface area contributed by atoms with Gasteiger partial charge in [0.2, 0.25) is 21.8 Å². The highest BCUT2D eigenvalue weighted by Gasteiger charge is 2.17. The third kappa shape index (κ3) is 8.01. The third-order valence-electron chi connectivity index (χ3n) is 3.75. The van der Waals surface area contributed by atoms with Gasteiger partial charge in [-0.1, -0.05) is 23.4 Å². The van der Waals surface area contributed by atoms with Crippen molar-refractivity contribution in [1.29, 1.82) is 0 Å². The molecule has 0 fully saturated rings. The van der Waals surface area contributed by atoms with Crippen LogP contribution in [0.25, 0.3) is 0 Å². The highest BCUT2D eigenvalue weighted by Crippen LogP contribution is 2.16. The number of anilines is 2. The topological polar surface area (TPSA) is 130 Å². The molecule has 1 aromatic carbocycles. The van der Waals surface area contributed by atoms with E-state index in [9.17, 15) is 18.0 Å². The minimum absolute atomic E-state index is 0.0774. The second-order valence-corrected chi connectivity index (χ2v) is 9.54. The molecule has 0 aliphatic rings. The molecule has 0 spiro atoms. The highest BCUT2D eigenvalue weighted by atomic mass is 32.2. The minimum atomic E-state index is -3.44. The Balaban J connectivity index is 1.78. The van der Waals surface area contributed by atoms with Gasteiger partial charge in [0, 0.05) is 18.3 Å². The van der Waals surface area contributed by atoms with Crippen LogP contribution in [0.4, 0.5) is 11.5 Å². The van der Waals surface area contributed by atoms with Gasteiger partial charge in [0.05, 0.1) is 16.8 Å². The maximum atomic E-state index is 12.1. The Labute approximate surface area is 179 Å². The quantitative estimate of drug-likeness (QED) is 0.446. The van der Waals surface area contributed by atoms with Gasteiger partial charge < -0.3 is 15.2 Å². The fourth-order valence-electron chi connectivity index (χ4n) is 2.27. The maximum absolute atomic E-state index is 12.1. The zero-order valence-electron chi connectivity index (χ0n) is 16.7. The number of carbonyl (C=O) groups excluding carboxylic acids is 2. The number of amides is 2. The molecule has 3 N–H and O–H groups in total.